The summed E-state index contributed by atoms with van der Waals surface area (Å²) in [6, 6.07) is 6.72. The highest BCUT2D eigenvalue weighted by Gasteiger charge is 2.51. The van der Waals surface area contributed by atoms with Gasteiger partial charge in [0.1, 0.15) is 11.3 Å². The molecule has 1 fully saturated rings. The van der Waals surface area contributed by atoms with E-state index in [0.29, 0.717) is 24.5 Å². The molecule has 27 heavy (non-hydrogen) atoms. The number of carbonyl (C=O) groups excluding carboxylic acids is 2. The van der Waals surface area contributed by atoms with Gasteiger partial charge in [0.2, 0.25) is 0 Å². The Hall–Kier alpha value is -2.97. The zero-order valence-electron chi connectivity index (χ0n) is 15.8. The first-order valence-electron chi connectivity index (χ1n) is 9.09. The number of aromatic nitrogens is 4. The predicted molar refractivity (Wildman–Crippen MR) is 96.8 cm³/mol. The molecule has 1 aromatic heterocycles. The first-order valence-corrected chi connectivity index (χ1v) is 9.09. The molecular formula is C18H24N6O3. The highest BCUT2D eigenvalue weighted by atomic mass is 16.5. The Labute approximate surface area is 157 Å². The maximum Gasteiger partial charge on any atom is 0.325 e. The Morgan fingerprint density at radius 1 is 1.19 bits per heavy atom. The third-order valence-corrected chi connectivity index (χ3v) is 4.92. The second-order valence-electron chi connectivity index (χ2n) is 6.48. The third kappa shape index (κ3) is 3.36. The average Bonchev–Trinajstić information content (AvgIpc) is 3.24. The molecule has 2 heterocycles. The topological polar surface area (TPSA) is 102 Å². The van der Waals surface area contributed by atoms with E-state index in [1.54, 1.807) is 36.1 Å². The molecule has 2 aromatic rings. The molecule has 9 nitrogen and oxygen atoms in total. The lowest BCUT2D eigenvalue weighted by Gasteiger charge is -2.26. The van der Waals surface area contributed by atoms with Crippen molar-refractivity contribution >= 4 is 11.9 Å². The van der Waals surface area contributed by atoms with Crippen molar-refractivity contribution in [3.63, 3.8) is 0 Å². The molecule has 1 aliphatic rings. The van der Waals surface area contributed by atoms with Crippen molar-refractivity contribution in [3.05, 3.63) is 35.7 Å². The van der Waals surface area contributed by atoms with Gasteiger partial charge in [0.15, 0.2) is 5.82 Å². The predicted octanol–water partition coefficient (Wildman–Crippen LogP) is 1.84. The second kappa shape index (κ2) is 7.73. The fourth-order valence-corrected chi connectivity index (χ4v) is 3.24. The molecule has 1 saturated heterocycles. The Morgan fingerprint density at radius 3 is 2.56 bits per heavy atom. The van der Waals surface area contributed by atoms with Gasteiger partial charge in [0.05, 0.1) is 13.7 Å². The standard InChI is InChI=1S/C18H24N6O3/c1-4-6-11-24-15(20-21-22-24)12-23-16(25)18(5-2,19-17(23)26)13-7-9-14(27-3)10-8-13/h7-10H,4-6,11-12H2,1-3H3,(H,19,26)/t18-/m0/s1. The number of ether oxygens (including phenoxy) is 1. The number of urea groups is 1. The van der Waals surface area contributed by atoms with Crippen LogP contribution in [0.4, 0.5) is 4.79 Å². The summed E-state index contributed by atoms with van der Waals surface area (Å²) in [6.07, 6.45) is 2.35. The van der Waals surface area contributed by atoms with E-state index in [-0.39, 0.29) is 12.5 Å². The number of hydrogen-bond acceptors (Lipinski definition) is 6. The maximum absolute atomic E-state index is 13.2. The van der Waals surface area contributed by atoms with Crippen molar-refractivity contribution in [2.24, 2.45) is 0 Å². The molecule has 0 aliphatic carbocycles. The van der Waals surface area contributed by atoms with Gasteiger partial charge in [-0.25, -0.2) is 9.48 Å². The van der Waals surface area contributed by atoms with Crippen molar-refractivity contribution in [2.75, 3.05) is 7.11 Å². The van der Waals surface area contributed by atoms with Crippen molar-refractivity contribution in [1.29, 1.82) is 0 Å². The molecule has 3 rings (SSSR count). The number of nitrogens with zero attached hydrogens (tertiary/aromatic N) is 5. The largest absolute Gasteiger partial charge is 0.497 e. The van der Waals surface area contributed by atoms with E-state index < -0.39 is 11.6 Å². The highest BCUT2D eigenvalue weighted by Crippen LogP contribution is 2.33. The van der Waals surface area contributed by atoms with Crippen molar-refractivity contribution in [2.45, 2.75) is 51.7 Å². The van der Waals surface area contributed by atoms with Gasteiger partial charge in [0, 0.05) is 6.54 Å². The van der Waals surface area contributed by atoms with E-state index in [1.807, 2.05) is 6.92 Å². The van der Waals surface area contributed by atoms with E-state index in [1.165, 1.54) is 4.90 Å². The van der Waals surface area contributed by atoms with Gasteiger partial charge in [0.25, 0.3) is 5.91 Å². The summed E-state index contributed by atoms with van der Waals surface area (Å²) in [4.78, 5) is 27.0. The Kier molecular flexibility index (Phi) is 5.38. The van der Waals surface area contributed by atoms with E-state index in [4.69, 9.17) is 4.74 Å². The van der Waals surface area contributed by atoms with Crippen molar-refractivity contribution in [3.8, 4) is 5.75 Å². The molecule has 0 radical (unpaired) electrons. The van der Waals surface area contributed by atoms with Gasteiger partial charge >= 0.3 is 6.03 Å². The summed E-state index contributed by atoms with van der Waals surface area (Å²) >= 11 is 0. The minimum Gasteiger partial charge on any atom is -0.497 e. The van der Waals surface area contributed by atoms with Crippen LogP contribution in [0.3, 0.4) is 0 Å². The summed E-state index contributed by atoms with van der Waals surface area (Å²) in [7, 11) is 1.58. The molecule has 0 unspecified atom stereocenters. The lowest BCUT2D eigenvalue weighted by atomic mass is 9.87. The molecule has 1 atom stereocenters. The molecule has 0 bridgehead atoms. The Morgan fingerprint density at radius 2 is 1.93 bits per heavy atom. The Balaban J connectivity index is 1.86. The van der Waals surface area contributed by atoms with Crippen LogP contribution >= 0.6 is 0 Å². The minimum absolute atomic E-state index is 0.0410. The second-order valence-corrected chi connectivity index (χ2v) is 6.48. The van der Waals surface area contributed by atoms with E-state index >= 15 is 0 Å². The number of unbranched alkanes of at least 4 members (excludes halogenated alkanes) is 1. The van der Waals surface area contributed by atoms with Gasteiger partial charge < -0.3 is 10.1 Å². The molecule has 3 amide bonds. The van der Waals surface area contributed by atoms with Gasteiger partial charge in [-0.05, 0) is 41.0 Å². The zero-order chi connectivity index (χ0) is 19.4. The first kappa shape index (κ1) is 18.8. The van der Waals surface area contributed by atoms with Crippen LogP contribution in [-0.2, 0) is 23.4 Å². The number of rotatable bonds is 8. The smallest absolute Gasteiger partial charge is 0.325 e. The number of aryl methyl sites for hydroxylation is 1. The van der Waals surface area contributed by atoms with Crippen LogP contribution in [0.25, 0.3) is 0 Å². The van der Waals surface area contributed by atoms with Crippen LogP contribution in [0.15, 0.2) is 24.3 Å². The number of carbonyl (C=O) groups is 2. The number of hydrogen-bond donors (Lipinski definition) is 1. The van der Waals surface area contributed by atoms with Gasteiger partial charge in [-0.3, -0.25) is 9.69 Å². The van der Waals surface area contributed by atoms with Crippen molar-refractivity contribution < 1.29 is 14.3 Å². The SMILES string of the molecule is CCCCn1nnnc1CN1C(=O)N[C@@](CC)(c2ccc(OC)cc2)C1=O. The number of benzene rings is 1. The molecule has 1 N–H and O–H groups in total. The summed E-state index contributed by atoms with van der Waals surface area (Å²) < 4.78 is 6.82. The third-order valence-electron chi connectivity index (χ3n) is 4.92. The van der Waals surface area contributed by atoms with Crippen LogP contribution < -0.4 is 10.1 Å². The summed E-state index contributed by atoms with van der Waals surface area (Å²) in [5, 5.41) is 14.5. The normalized spacial score (nSPS) is 19.4. The molecular weight excluding hydrogens is 348 g/mol. The molecule has 1 aromatic carbocycles. The molecule has 0 spiro atoms. The number of methoxy groups -OCH3 is 1. The maximum atomic E-state index is 13.2. The molecule has 9 heteroatoms. The van der Waals surface area contributed by atoms with Crippen LogP contribution in [-0.4, -0.2) is 44.2 Å². The van der Waals surface area contributed by atoms with Crippen LogP contribution in [0.5, 0.6) is 5.75 Å². The van der Waals surface area contributed by atoms with Gasteiger partial charge in [-0.2, -0.15) is 0 Å². The average molecular weight is 372 g/mol. The fraction of sp³-hybridized carbons (Fsp3) is 0.500. The van der Waals surface area contributed by atoms with Gasteiger partial charge in [-0.15, -0.1) is 5.10 Å². The molecule has 1 aliphatic heterocycles. The summed E-state index contributed by atoms with van der Waals surface area (Å²) in [5.74, 6) is 0.882. The summed E-state index contributed by atoms with van der Waals surface area (Å²) in [6.45, 7) is 4.64. The fourth-order valence-electron chi connectivity index (χ4n) is 3.24. The van der Waals surface area contributed by atoms with Crippen LogP contribution in [0.2, 0.25) is 0 Å². The zero-order valence-corrected chi connectivity index (χ0v) is 15.8. The van der Waals surface area contributed by atoms with Gasteiger partial charge in [-0.1, -0.05) is 32.4 Å². The number of imide groups is 1. The number of amides is 3. The number of tetrazole rings is 1. The molecule has 0 saturated carbocycles. The quantitative estimate of drug-likeness (QED) is 0.710. The first-order chi connectivity index (χ1) is 13.1. The Bertz CT molecular complexity index is 819. The monoisotopic (exact) mass is 372 g/mol. The van der Waals surface area contributed by atoms with E-state index in [0.717, 1.165) is 18.4 Å². The number of nitrogens with one attached hydrogen (secondary N) is 1. The van der Waals surface area contributed by atoms with Crippen molar-refractivity contribution in [1.82, 2.24) is 30.4 Å². The lowest BCUT2D eigenvalue weighted by Crippen LogP contribution is -2.43. The minimum atomic E-state index is -1.09. The van der Waals surface area contributed by atoms with Crippen LogP contribution in [0.1, 0.15) is 44.5 Å². The van der Waals surface area contributed by atoms with E-state index in [9.17, 15) is 9.59 Å². The highest BCUT2D eigenvalue weighted by molar-refractivity contribution is 6.07. The lowest BCUT2D eigenvalue weighted by molar-refractivity contribution is -0.132. The van der Waals surface area contributed by atoms with Crippen LogP contribution in [0, 0.1) is 0 Å². The molecule has 144 valence electrons. The van der Waals surface area contributed by atoms with E-state index in [2.05, 4.69) is 27.8 Å². The summed E-state index contributed by atoms with van der Waals surface area (Å²) in [5.41, 5.74) is -0.373.